The first kappa shape index (κ1) is 20.1. The summed E-state index contributed by atoms with van der Waals surface area (Å²) in [4.78, 5) is 38.1. The standard InChI is InChI=1S/C20H27FN4O3/c1-12-4-3-5-15(13(12)2)23-20(28)24-19(27)11-25-9-8-18(26)22-16-10-14(21)6-7-17(16)25/h6-7,10,12-13,15H,3-5,8-9,11H2,1-2H3,(H,22,26)(H2,23,24,27,28)/t12-,13-,15-/m1/s1. The lowest BCUT2D eigenvalue weighted by Gasteiger charge is -2.34. The molecule has 0 spiro atoms. The molecular formula is C20H27FN4O3. The molecule has 4 amide bonds. The molecule has 7 nitrogen and oxygen atoms in total. The van der Waals surface area contributed by atoms with Gasteiger partial charge in [-0.05, 0) is 36.5 Å². The first-order valence-corrected chi connectivity index (χ1v) is 9.78. The number of anilines is 2. The Morgan fingerprint density at radius 3 is 2.86 bits per heavy atom. The third-order valence-corrected chi connectivity index (χ3v) is 5.79. The predicted octanol–water partition coefficient (Wildman–Crippen LogP) is 2.62. The van der Waals surface area contributed by atoms with Crippen LogP contribution in [0.15, 0.2) is 18.2 Å². The van der Waals surface area contributed by atoms with E-state index in [0.717, 1.165) is 19.3 Å². The summed E-state index contributed by atoms with van der Waals surface area (Å²) in [5.41, 5.74) is 0.877. The maximum absolute atomic E-state index is 13.5. The van der Waals surface area contributed by atoms with Crippen LogP contribution in [0.4, 0.5) is 20.6 Å². The Morgan fingerprint density at radius 2 is 2.07 bits per heavy atom. The summed E-state index contributed by atoms with van der Waals surface area (Å²) >= 11 is 0. The van der Waals surface area contributed by atoms with Crippen molar-refractivity contribution in [3.8, 4) is 0 Å². The number of carbonyl (C=O) groups is 3. The number of hydrogen-bond donors (Lipinski definition) is 3. The topological polar surface area (TPSA) is 90.5 Å². The van der Waals surface area contributed by atoms with Crippen molar-refractivity contribution in [3.63, 3.8) is 0 Å². The molecule has 0 aromatic heterocycles. The molecule has 0 radical (unpaired) electrons. The Hall–Kier alpha value is -2.64. The third kappa shape index (κ3) is 4.79. The number of carbonyl (C=O) groups excluding carboxylic acids is 3. The van der Waals surface area contributed by atoms with Crippen molar-refractivity contribution in [2.75, 3.05) is 23.3 Å². The highest BCUT2D eigenvalue weighted by Gasteiger charge is 2.29. The first-order valence-electron chi connectivity index (χ1n) is 9.78. The number of amides is 4. The number of hydrogen-bond acceptors (Lipinski definition) is 4. The molecule has 3 rings (SSSR count). The van der Waals surface area contributed by atoms with E-state index in [1.54, 1.807) is 4.90 Å². The van der Waals surface area contributed by atoms with Gasteiger partial charge >= 0.3 is 6.03 Å². The van der Waals surface area contributed by atoms with Gasteiger partial charge in [0.1, 0.15) is 5.82 Å². The van der Waals surface area contributed by atoms with Crippen molar-refractivity contribution in [3.05, 3.63) is 24.0 Å². The minimum absolute atomic E-state index is 0.0558. The zero-order valence-corrected chi connectivity index (χ0v) is 16.3. The fourth-order valence-electron chi connectivity index (χ4n) is 3.95. The van der Waals surface area contributed by atoms with Crippen molar-refractivity contribution in [1.29, 1.82) is 0 Å². The lowest BCUT2D eigenvalue weighted by Crippen LogP contribution is -2.51. The Morgan fingerprint density at radius 1 is 1.29 bits per heavy atom. The van der Waals surface area contributed by atoms with Crippen LogP contribution in [0.25, 0.3) is 0 Å². The molecule has 1 aliphatic heterocycles. The number of fused-ring (bicyclic) bond motifs is 1. The van der Waals surface area contributed by atoms with E-state index in [4.69, 9.17) is 0 Å². The molecule has 1 aromatic carbocycles. The van der Waals surface area contributed by atoms with Crippen LogP contribution in [0, 0.1) is 17.7 Å². The van der Waals surface area contributed by atoms with E-state index in [0.29, 0.717) is 29.8 Å². The highest BCUT2D eigenvalue weighted by atomic mass is 19.1. The van der Waals surface area contributed by atoms with Crippen molar-refractivity contribution >= 4 is 29.2 Å². The van der Waals surface area contributed by atoms with Gasteiger partial charge in [0, 0.05) is 19.0 Å². The molecule has 1 aliphatic carbocycles. The number of urea groups is 1. The van der Waals surface area contributed by atoms with Crippen LogP contribution in [-0.2, 0) is 9.59 Å². The molecule has 2 aliphatic rings. The van der Waals surface area contributed by atoms with E-state index in [1.165, 1.54) is 18.2 Å². The molecule has 0 unspecified atom stereocenters. The fraction of sp³-hybridized carbons (Fsp3) is 0.550. The predicted molar refractivity (Wildman–Crippen MR) is 105 cm³/mol. The smallest absolute Gasteiger partial charge is 0.321 e. The minimum atomic E-state index is -0.501. The monoisotopic (exact) mass is 390 g/mol. The number of benzene rings is 1. The Labute approximate surface area is 164 Å². The van der Waals surface area contributed by atoms with Gasteiger partial charge < -0.3 is 15.5 Å². The van der Waals surface area contributed by atoms with Crippen LogP contribution < -0.4 is 20.9 Å². The van der Waals surface area contributed by atoms with Crippen LogP contribution in [0.2, 0.25) is 0 Å². The quantitative estimate of drug-likeness (QED) is 0.740. The molecular weight excluding hydrogens is 363 g/mol. The average Bonchev–Trinajstić information content (AvgIpc) is 2.77. The van der Waals surface area contributed by atoms with Crippen LogP contribution in [0.1, 0.15) is 39.5 Å². The molecule has 152 valence electrons. The molecule has 1 heterocycles. The molecule has 3 N–H and O–H groups in total. The zero-order valence-electron chi connectivity index (χ0n) is 16.3. The second-order valence-corrected chi connectivity index (χ2v) is 7.78. The van der Waals surface area contributed by atoms with E-state index in [2.05, 4.69) is 29.8 Å². The van der Waals surface area contributed by atoms with E-state index >= 15 is 0 Å². The van der Waals surface area contributed by atoms with Crippen LogP contribution in [-0.4, -0.2) is 37.0 Å². The largest absolute Gasteiger partial charge is 0.360 e. The number of nitrogens with one attached hydrogen (secondary N) is 3. The second-order valence-electron chi connectivity index (χ2n) is 7.78. The zero-order chi connectivity index (χ0) is 20.3. The third-order valence-electron chi connectivity index (χ3n) is 5.79. The van der Waals surface area contributed by atoms with Crippen molar-refractivity contribution in [2.24, 2.45) is 11.8 Å². The van der Waals surface area contributed by atoms with Gasteiger partial charge in [-0.1, -0.05) is 26.7 Å². The number of rotatable bonds is 3. The van der Waals surface area contributed by atoms with Gasteiger partial charge in [-0.3, -0.25) is 14.9 Å². The summed E-state index contributed by atoms with van der Waals surface area (Å²) in [6, 6.07) is 3.58. The van der Waals surface area contributed by atoms with Gasteiger partial charge in [-0.25, -0.2) is 9.18 Å². The summed E-state index contributed by atoms with van der Waals surface area (Å²) < 4.78 is 13.5. The van der Waals surface area contributed by atoms with Crippen molar-refractivity contribution < 1.29 is 18.8 Å². The highest BCUT2D eigenvalue weighted by molar-refractivity contribution is 5.99. The number of halogens is 1. The van der Waals surface area contributed by atoms with Crippen molar-refractivity contribution in [1.82, 2.24) is 10.6 Å². The van der Waals surface area contributed by atoms with Gasteiger partial charge in [0.05, 0.1) is 17.9 Å². The summed E-state index contributed by atoms with van der Waals surface area (Å²) in [5, 5.41) is 7.92. The van der Waals surface area contributed by atoms with Gasteiger partial charge in [0.15, 0.2) is 0 Å². The second kappa shape index (κ2) is 8.58. The number of nitrogens with zero attached hydrogens (tertiary/aromatic N) is 1. The maximum atomic E-state index is 13.5. The first-order chi connectivity index (χ1) is 13.3. The molecule has 0 bridgehead atoms. The van der Waals surface area contributed by atoms with E-state index in [9.17, 15) is 18.8 Å². The normalized spacial score (nSPS) is 24.6. The summed E-state index contributed by atoms with van der Waals surface area (Å²) in [6.45, 7) is 4.50. The van der Waals surface area contributed by atoms with E-state index < -0.39 is 17.8 Å². The Kier molecular flexibility index (Phi) is 6.16. The molecule has 1 fully saturated rings. The number of imide groups is 1. The van der Waals surface area contributed by atoms with Crippen LogP contribution in [0.5, 0.6) is 0 Å². The molecule has 28 heavy (non-hydrogen) atoms. The maximum Gasteiger partial charge on any atom is 0.321 e. The van der Waals surface area contributed by atoms with Crippen molar-refractivity contribution in [2.45, 2.75) is 45.6 Å². The Balaban J connectivity index is 1.60. The van der Waals surface area contributed by atoms with E-state index in [1.807, 2.05) is 0 Å². The summed E-state index contributed by atoms with van der Waals surface area (Å²) in [6.07, 6.45) is 3.30. The minimum Gasteiger partial charge on any atom is -0.360 e. The molecule has 1 aromatic rings. The lowest BCUT2D eigenvalue weighted by molar-refractivity contribution is -0.119. The summed E-state index contributed by atoms with van der Waals surface area (Å²) in [5.74, 6) is -0.292. The fourth-order valence-corrected chi connectivity index (χ4v) is 3.95. The van der Waals surface area contributed by atoms with Gasteiger partial charge in [0.2, 0.25) is 11.8 Å². The van der Waals surface area contributed by atoms with E-state index in [-0.39, 0.29) is 24.9 Å². The molecule has 0 saturated heterocycles. The summed E-state index contributed by atoms with van der Waals surface area (Å²) in [7, 11) is 0. The van der Waals surface area contributed by atoms with Gasteiger partial charge in [-0.2, -0.15) is 0 Å². The SMILES string of the molecule is C[C@@H]1[C@H](C)CCC[C@H]1NC(=O)NC(=O)CN1CCC(=O)Nc2cc(F)ccc21. The lowest BCUT2D eigenvalue weighted by atomic mass is 9.78. The van der Waals surface area contributed by atoms with Crippen LogP contribution in [0.3, 0.4) is 0 Å². The molecule has 8 heteroatoms. The Bertz CT molecular complexity index is 770. The molecule has 3 atom stereocenters. The highest BCUT2D eigenvalue weighted by Crippen LogP contribution is 2.30. The van der Waals surface area contributed by atoms with Gasteiger partial charge in [-0.15, -0.1) is 0 Å². The average molecular weight is 390 g/mol. The molecule has 1 saturated carbocycles. The van der Waals surface area contributed by atoms with Gasteiger partial charge in [0.25, 0.3) is 0 Å². The van der Waals surface area contributed by atoms with Crippen LogP contribution >= 0.6 is 0 Å².